The van der Waals surface area contributed by atoms with Crippen LogP contribution in [0.4, 0.5) is 0 Å². The fraction of sp³-hybridized carbons (Fsp3) is 1.00. The SMILES string of the molecule is CCCC1CCC(N)C(CC(C)C)C1. The van der Waals surface area contributed by atoms with Gasteiger partial charge in [0, 0.05) is 6.04 Å². The van der Waals surface area contributed by atoms with Crippen molar-refractivity contribution in [3.05, 3.63) is 0 Å². The summed E-state index contributed by atoms with van der Waals surface area (Å²) in [6.07, 6.45) is 8.13. The zero-order valence-corrected chi connectivity index (χ0v) is 10.1. The lowest BCUT2D eigenvalue weighted by Crippen LogP contribution is -2.36. The monoisotopic (exact) mass is 197 g/mol. The van der Waals surface area contributed by atoms with E-state index in [1.165, 1.54) is 38.5 Å². The molecule has 0 saturated heterocycles. The van der Waals surface area contributed by atoms with Gasteiger partial charge in [0.25, 0.3) is 0 Å². The molecule has 0 spiro atoms. The molecule has 0 aromatic carbocycles. The summed E-state index contributed by atoms with van der Waals surface area (Å²) in [4.78, 5) is 0. The first-order valence-corrected chi connectivity index (χ1v) is 6.39. The van der Waals surface area contributed by atoms with Crippen LogP contribution in [0.15, 0.2) is 0 Å². The molecular weight excluding hydrogens is 170 g/mol. The summed E-state index contributed by atoms with van der Waals surface area (Å²) >= 11 is 0. The molecule has 0 radical (unpaired) electrons. The Morgan fingerprint density at radius 1 is 1.29 bits per heavy atom. The molecule has 1 fully saturated rings. The van der Waals surface area contributed by atoms with Gasteiger partial charge in [0.05, 0.1) is 0 Å². The molecule has 0 heterocycles. The molecule has 0 aromatic heterocycles. The Labute approximate surface area is 89.5 Å². The molecule has 3 atom stereocenters. The van der Waals surface area contributed by atoms with Gasteiger partial charge in [-0.2, -0.15) is 0 Å². The van der Waals surface area contributed by atoms with Crippen molar-refractivity contribution >= 4 is 0 Å². The second-order valence-electron chi connectivity index (χ2n) is 5.52. The summed E-state index contributed by atoms with van der Waals surface area (Å²) in [7, 11) is 0. The lowest BCUT2D eigenvalue weighted by Gasteiger charge is -2.35. The molecule has 0 bridgehead atoms. The molecule has 0 aliphatic heterocycles. The van der Waals surface area contributed by atoms with E-state index < -0.39 is 0 Å². The number of hydrogen-bond acceptors (Lipinski definition) is 1. The van der Waals surface area contributed by atoms with Crippen molar-refractivity contribution in [1.29, 1.82) is 0 Å². The maximum Gasteiger partial charge on any atom is 0.00674 e. The quantitative estimate of drug-likeness (QED) is 0.732. The average Bonchev–Trinajstić information content (AvgIpc) is 2.10. The topological polar surface area (TPSA) is 26.0 Å². The van der Waals surface area contributed by atoms with Crippen molar-refractivity contribution < 1.29 is 0 Å². The van der Waals surface area contributed by atoms with Crippen LogP contribution in [0, 0.1) is 17.8 Å². The molecule has 1 aliphatic carbocycles. The lowest BCUT2D eigenvalue weighted by atomic mass is 9.74. The minimum Gasteiger partial charge on any atom is -0.327 e. The summed E-state index contributed by atoms with van der Waals surface area (Å²) in [6.45, 7) is 6.93. The van der Waals surface area contributed by atoms with Crippen molar-refractivity contribution in [3.63, 3.8) is 0 Å². The lowest BCUT2D eigenvalue weighted by molar-refractivity contribution is 0.197. The van der Waals surface area contributed by atoms with Gasteiger partial charge in [-0.1, -0.05) is 33.6 Å². The highest BCUT2D eigenvalue weighted by Crippen LogP contribution is 2.34. The molecule has 14 heavy (non-hydrogen) atoms. The van der Waals surface area contributed by atoms with Crippen LogP contribution in [0.3, 0.4) is 0 Å². The zero-order valence-electron chi connectivity index (χ0n) is 10.1. The van der Waals surface area contributed by atoms with E-state index in [-0.39, 0.29) is 0 Å². The van der Waals surface area contributed by atoms with Crippen LogP contribution < -0.4 is 5.73 Å². The summed E-state index contributed by atoms with van der Waals surface area (Å²) in [5.41, 5.74) is 6.19. The normalized spacial score (nSPS) is 33.6. The smallest absolute Gasteiger partial charge is 0.00674 e. The van der Waals surface area contributed by atoms with Crippen molar-refractivity contribution in [2.24, 2.45) is 23.5 Å². The first-order valence-electron chi connectivity index (χ1n) is 6.39. The Bertz CT molecular complexity index is 153. The predicted molar refractivity (Wildman–Crippen MR) is 63.2 cm³/mol. The Hall–Kier alpha value is -0.0400. The number of rotatable bonds is 4. The predicted octanol–water partition coefficient (Wildman–Crippen LogP) is 3.58. The molecule has 1 rings (SSSR count). The largest absolute Gasteiger partial charge is 0.327 e. The average molecular weight is 197 g/mol. The fourth-order valence-corrected chi connectivity index (χ4v) is 2.93. The van der Waals surface area contributed by atoms with Gasteiger partial charge in [0.1, 0.15) is 0 Å². The van der Waals surface area contributed by atoms with Gasteiger partial charge < -0.3 is 5.73 Å². The van der Waals surface area contributed by atoms with Gasteiger partial charge in [-0.3, -0.25) is 0 Å². The van der Waals surface area contributed by atoms with E-state index >= 15 is 0 Å². The van der Waals surface area contributed by atoms with Crippen LogP contribution >= 0.6 is 0 Å². The molecule has 0 aromatic rings. The van der Waals surface area contributed by atoms with Gasteiger partial charge in [-0.05, 0) is 43.4 Å². The fourth-order valence-electron chi connectivity index (χ4n) is 2.93. The minimum atomic E-state index is 0.491. The van der Waals surface area contributed by atoms with E-state index in [0.29, 0.717) is 6.04 Å². The van der Waals surface area contributed by atoms with E-state index in [4.69, 9.17) is 5.73 Å². The van der Waals surface area contributed by atoms with Gasteiger partial charge in [-0.25, -0.2) is 0 Å². The molecule has 84 valence electrons. The Morgan fingerprint density at radius 3 is 2.57 bits per heavy atom. The molecule has 2 N–H and O–H groups in total. The number of nitrogens with two attached hydrogens (primary N) is 1. The first-order chi connectivity index (χ1) is 6.63. The molecule has 1 nitrogen and oxygen atoms in total. The Morgan fingerprint density at radius 2 is 2.00 bits per heavy atom. The Kier molecular flexibility index (Phi) is 4.94. The van der Waals surface area contributed by atoms with Crippen LogP contribution in [0.2, 0.25) is 0 Å². The summed E-state index contributed by atoms with van der Waals surface area (Å²) in [5, 5.41) is 0. The molecular formula is C13H27N. The number of hydrogen-bond donors (Lipinski definition) is 1. The van der Waals surface area contributed by atoms with E-state index in [1.54, 1.807) is 0 Å². The highest BCUT2D eigenvalue weighted by molar-refractivity contribution is 4.82. The van der Waals surface area contributed by atoms with E-state index in [0.717, 1.165) is 17.8 Å². The van der Waals surface area contributed by atoms with Gasteiger partial charge in [-0.15, -0.1) is 0 Å². The minimum absolute atomic E-state index is 0.491. The van der Waals surface area contributed by atoms with Crippen LogP contribution in [0.25, 0.3) is 0 Å². The van der Waals surface area contributed by atoms with Crippen molar-refractivity contribution in [2.75, 3.05) is 0 Å². The third kappa shape index (κ3) is 3.61. The first kappa shape index (κ1) is 12.0. The van der Waals surface area contributed by atoms with E-state index in [2.05, 4.69) is 20.8 Å². The van der Waals surface area contributed by atoms with Gasteiger partial charge in [0.2, 0.25) is 0 Å². The molecule has 1 aliphatic rings. The molecule has 3 unspecified atom stereocenters. The highest BCUT2D eigenvalue weighted by Gasteiger charge is 2.27. The summed E-state index contributed by atoms with van der Waals surface area (Å²) in [5.74, 6) is 2.59. The van der Waals surface area contributed by atoms with Crippen molar-refractivity contribution in [3.8, 4) is 0 Å². The summed E-state index contributed by atoms with van der Waals surface area (Å²) < 4.78 is 0. The summed E-state index contributed by atoms with van der Waals surface area (Å²) in [6, 6.07) is 0.491. The van der Waals surface area contributed by atoms with Crippen LogP contribution in [0.1, 0.15) is 59.3 Å². The maximum atomic E-state index is 6.19. The molecule has 1 heteroatoms. The second kappa shape index (κ2) is 5.75. The van der Waals surface area contributed by atoms with Crippen LogP contribution in [0.5, 0.6) is 0 Å². The van der Waals surface area contributed by atoms with Crippen LogP contribution in [-0.4, -0.2) is 6.04 Å². The van der Waals surface area contributed by atoms with Gasteiger partial charge >= 0.3 is 0 Å². The van der Waals surface area contributed by atoms with Crippen molar-refractivity contribution in [1.82, 2.24) is 0 Å². The second-order valence-corrected chi connectivity index (χ2v) is 5.52. The zero-order chi connectivity index (χ0) is 10.6. The van der Waals surface area contributed by atoms with E-state index in [1.807, 2.05) is 0 Å². The maximum absolute atomic E-state index is 6.19. The van der Waals surface area contributed by atoms with Gasteiger partial charge in [0.15, 0.2) is 0 Å². The third-order valence-corrected chi connectivity index (χ3v) is 3.62. The van der Waals surface area contributed by atoms with Crippen LogP contribution in [-0.2, 0) is 0 Å². The van der Waals surface area contributed by atoms with E-state index in [9.17, 15) is 0 Å². The standard InChI is InChI=1S/C13H27N/c1-4-5-11-6-7-13(14)12(9-11)8-10(2)3/h10-13H,4-9,14H2,1-3H3. The molecule has 0 amide bonds. The molecule has 1 saturated carbocycles. The highest BCUT2D eigenvalue weighted by atomic mass is 14.7. The van der Waals surface area contributed by atoms with Crippen molar-refractivity contribution in [2.45, 2.75) is 65.3 Å². The third-order valence-electron chi connectivity index (χ3n) is 3.62. The Balaban J connectivity index is 2.38.